The van der Waals surface area contributed by atoms with E-state index < -0.39 is 96.9 Å². The zero-order valence-corrected chi connectivity index (χ0v) is 32.4. The summed E-state index contributed by atoms with van der Waals surface area (Å²) in [6, 6.07) is 0. The minimum absolute atomic E-state index is 0.0166. The first kappa shape index (κ1) is 43.0. The quantitative estimate of drug-likeness (QED) is 0.0286. The van der Waals surface area contributed by atoms with Gasteiger partial charge in [0.15, 0.2) is 23.7 Å². The molecule has 11 N–H and O–H groups in total. The van der Waals surface area contributed by atoms with Crippen LogP contribution in [0.25, 0.3) is 22.3 Å². The molecule has 2 fully saturated rings. The average Bonchev–Trinajstić information content (AvgIpc) is 3.84. The smallest absolute Gasteiger partial charge is 0.387 e. The lowest BCUT2D eigenvalue weighted by atomic mass is 10.1. The van der Waals surface area contributed by atoms with Crippen molar-refractivity contribution in [2.75, 3.05) is 52.1 Å². The second-order valence-electron chi connectivity index (χ2n) is 12.3. The summed E-state index contributed by atoms with van der Waals surface area (Å²) in [5, 5.41) is 21.9. The predicted molar refractivity (Wildman–Crippen MR) is 184 cm³/mol. The van der Waals surface area contributed by atoms with Crippen molar-refractivity contribution in [3.8, 4) is 0 Å². The van der Waals surface area contributed by atoms with Gasteiger partial charge >= 0.3 is 29.1 Å². The number of H-pyrrole nitrogens is 2. The van der Waals surface area contributed by atoms with E-state index in [2.05, 4.69) is 33.5 Å². The number of rotatable bonds is 17. The molecule has 6 heterocycles. The van der Waals surface area contributed by atoms with Crippen molar-refractivity contribution in [1.82, 2.24) is 34.1 Å². The highest BCUT2D eigenvalue weighted by Gasteiger charge is 2.51. The van der Waals surface area contributed by atoms with Crippen LogP contribution in [0.15, 0.2) is 22.2 Å². The lowest BCUT2D eigenvalue weighted by Crippen LogP contribution is -2.47. The Balaban J connectivity index is 1.08. The number of aromatic amines is 2. The van der Waals surface area contributed by atoms with Crippen molar-refractivity contribution in [3.63, 3.8) is 0 Å². The summed E-state index contributed by atoms with van der Waals surface area (Å²) < 4.78 is 87.4. The van der Waals surface area contributed by atoms with Crippen LogP contribution >= 0.6 is 23.5 Å². The Morgan fingerprint density at radius 2 is 1.47 bits per heavy atom. The molecule has 316 valence electrons. The summed E-state index contributed by atoms with van der Waals surface area (Å²) in [6.45, 7) is -2.00. The monoisotopic (exact) mass is 875 g/mol. The van der Waals surface area contributed by atoms with E-state index in [9.17, 15) is 48.2 Å². The Kier molecular flexibility index (Phi) is 12.5. The van der Waals surface area contributed by atoms with Crippen LogP contribution in [0, 0.1) is 0 Å². The van der Waals surface area contributed by atoms with Gasteiger partial charge in [0.1, 0.15) is 36.6 Å². The summed E-state index contributed by atoms with van der Waals surface area (Å²) in [4.78, 5) is 72.0. The zero-order valence-electron chi connectivity index (χ0n) is 29.7. The first-order valence-electron chi connectivity index (χ1n) is 16.2. The molecule has 6 rings (SSSR count). The lowest BCUT2D eigenvalue weighted by molar-refractivity contribution is -0.746. The van der Waals surface area contributed by atoms with Gasteiger partial charge in [-0.25, -0.2) is 23.2 Å². The Morgan fingerprint density at radius 1 is 0.877 bits per heavy atom. The number of ether oxygens (including phenoxy) is 5. The molecule has 0 bridgehead atoms. The number of methoxy groups -OCH3 is 2. The minimum atomic E-state index is -5.99. The largest absolute Gasteiger partial charge is 0.490 e. The fourth-order valence-electron chi connectivity index (χ4n) is 6.10. The van der Waals surface area contributed by atoms with Gasteiger partial charge in [-0.2, -0.15) is 13.6 Å². The Morgan fingerprint density at radius 3 is 2.11 bits per heavy atom. The topological polar surface area (TPSA) is 406 Å². The van der Waals surface area contributed by atoms with Gasteiger partial charge in [0.05, 0.1) is 39.8 Å². The molecule has 0 aromatic carbocycles. The fourth-order valence-corrected chi connectivity index (χ4v) is 9.63. The number of aromatic nitrogens is 8. The summed E-state index contributed by atoms with van der Waals surface area (Å²) in [5.41, 5.74) is 9.97. The second-order valence-corrected chi connectivity index (χ2v) is 17.0. The molecule has 2 aliphatic heterocycles. The van der Waals surface area contributed by atoms with Gasteiger partial charge in [0, 0.05) is 14.2 Å². The van der Waals surface area contributed by atoms with Gasteiger partial charge in [0.25, 0.3) is 17.1 Å². The lowest BCUT2D eigenvalue weighted by Gasteiger charge is -2.21. The Hall–Kier alpha value is -3.57. The maximum atomic E-state index is 12.8. The predicted octanol–water partition coefficient (Wildman–Crippen LogP) is -3.22. The number of hydrogen-bond acceptors (Lipinski definition) is 21. The SMILES string of the molecule is COCCO[C@H]1C([n+]2cn(C)c3c(=O)[nH]c(N)nc32)O[C@H](COP(=O)(O)OP(=O)(O)OP(=O)(O)OCC2O[C@@H](n3cnc4c(=O)[nH]c(N)nc43)[C@H](OC)[C@@H]2O)[C@H]1O. The number of fused-ring (bicyclic) bond motifs is 2. The van der Waals surface area contributed by atoms with Gasteiger partial charge < -0.3 is 60.0 Å². The molecule has 0 aliphatic carbocycles. The third-order valence-corrected chi connectivity index (χ3v) is 12.8. The third kappa shape index (κ3) is 9.19. The number of aryl methyl sites for hydroxylation is 1. The maximum Gasteiger partial charge on any atom is 0.490 e. The standard InChI is InChI=1S/C25H37N10O19P3/c1-33-9-35(19-13(33)21(39)32-25(27)30-19)23-17(48-5-4-46-2)15(37)11(52-23)7-50-56(42,43)54-57(44,45)53-55(40,41)49-6-10-14(36)16(47-3)22(51-10)34-8-28-12-18(34)29-24(26)31-20(12)38/h8-11,14-17,22-23,36-37H,4-7H2,1-3H3,(H8-,26,27,29,30,31,32,38,39,40,41,42,43,44,45)/p+1/t10?,11-,14-,15-,16-,17-,22-,23?/m1/s1. The number of hydrogen-bond donors (Lipinski definition) is 9. The van der Waals surface area contributed by atoms with Crippen LogP contribution in [-0.4, -0.2) is 136 Å². The van der Waals surface area contributed by atoms with Crippen LogP contribution in [0.3, 0.4) is 0 Å². The van der Waals surface area contributed by atoms with Crippen LogP contribution in [-0.2, 0) is 62.1 Å². The highest BCUT2D eigenvalue weighted by Crippen LogP contribution is 2.67. The van der Waals surface area contributed by atoms with E-state index in [0.29, 0.717) is 0 Å². The number of anilines is 2. The van der Waals surface area contributed by atoms with Crippen molar-refractivity contribution in [1.29, 1.82) is 0 Å². The molecule has 4 aromatic heterocycles. The normalized spacial score (nSPS) is 28.5. The van der Waals surface area contributed by atoms with Gasteiger partial charge in [-0.05, 0) is 0 Å². The highest BCUT2D eigenvalue weighted by molar-refractivity contribution is 7.66. The molecule has 11 atom stereocenters. The molecule has 32 heteroatoms. The Labute approximate surface area is 317 Å². The van der Waals surface area contributed by atoms with E-state index in [1.807, 2.05) is 0 Å². The summed E-state index contributed by atoms with van der Waals surface area (Å²) >= 11 is 0. The number of aliphatic hydroxyl groups excluding tert-OH is 2. The molecule has 0 radical (unpaired) electrons. The molecule has 0 spiro atoms. The number of imidazole rings is 2. The molecular formula is C25H38N10O19P3+. The number of phosphoric ester groups is 2. The first-order valence-corrected chi connectivity index (χ1v) is 20.7. The molecule has 2 aliphatic rings. The van der Waals surface area contributed by atoms with Crippen molar-refractivity contribution in [3.05, 3.63) is 33.4 Å². The van der Waals surface area contributed by atoms with E-state index >= 15 is 0 Å². The molecule has 57 heavy (non-hydrogen) atoms. The van der Waals surface area contributed by atoms with E-state index in [1.54, 1.807) is 0 Å². The van der Waals surface area contributed by atoms with E-state index in [-0.39, 0.29) is 47.4 Å². The molecule has 5 unspecified atom stereocenters. The van der Waals surface area contributed by atoms with Crippen molar-refractivity contribution < 1.29 is 84.5 Å². The molecule has 0 saturated carbocycles. The molecule has 0 amide bonds. The van der Waals surface area contributed by atoms with Crippen molar-refractivity contribution in [2.45, 2.75) is 49.1 Å². The second kappa shape index (κ2) is 16.6. The van der Waals surface area contributed by atoms with Crippen LogP contribution in [0.2, 0.25) is 0 Å². The van der Waals surface area contributed by atoms with Gasteiger partial charge in [-0.1, -0.05) is 4.98 Å². The number of nitrogens with zero attached hydrogens (tertiary/aromatic N) is 6. The maximum absolute atomic E-state index is 12.8. The molecule has 4 aromatic rings. The fraction of sp³-hybridized carbons (Fsp3) is 0.600. The number of nitrogen functional groups attached to an aromatic ring is 2. The summed E-state index contributed by atoms with van der Waals surface area (Å²) in [6.07, 6.45) is -8.64. The minimum Gasteiger partial charge on any atom is -0.387 e. The van der Waals surface area contributed by atoms with Crippen LogP contribution in [0.5, 0.6) is 0 Å². The van der Waals surface area contributed by atoms with Gasteiger partial charge in [-0.3, -0.25) is 37.7 Å². The third-order valence-electron chi connectivity index (χ3n) is 8.50. The number of nitrogens with one attached hydrogen (secondary N) is 2. The summed E-state index contributed by atoms with van der Waals surface area (Å²) in [5.74, 6) is -0.501. The van der Waals surface area contributed by atoms with E-state index in [4.69, 9.17) is 44.2 Å². The van der Waals surface area contributed by atoms with Crippen molar-refractivity contribution >= 4 is 57.7 Å². The average molecular weight is 876 g/mol. The Bertz CT molecular complexity index is 2370. The van der Waals surface area contributed by atoms with E-state index in [0.717, 1.165) is 6.33 Å². The zero-order chi connectivity index (χ0) is 41.6. The van der Waals surface area contributed by atoms with Crippen LogP contribution in [0.4, 0.5) is 11.9 Å². The first-order chi connectivity index (χ1) is 26.7. The van der Waals surface area contributed by atoms with E-state index in [1.165, 1.54) is 41.3 Å². The molecule has 29 nitrogen and oxygen atoms in total. The number of phosphoric acid groups is 3. The number of nitrogens with two attached hydrogens (primary N) is 2. The highest BCUT2D eigenvalue weighted by atomic mass is 31.3. The molecule has 2 saturated heterocycles. The van der Waals surface area contributed by atoms with Crippen LogP contribution < -0.4 is 27.2 Å². The van der Waals surface area contributed by atoms with Crippen molar-refractivity contribution in [2.24, 2.45) is 7.05 Å². The van der Waals surface area contributed by atoms with Crippen LogP contribution in [0.1, 0.15) is 12.5 Å². The molecular weight excluding hydrogens is 837 g/mol. The van der Waals surface area contributed by atoms with Gasteiger partial charge in [0.2, 0.25) is 17.7 Å². The summed E-state index contributed by atoms with van der Waals surface area (Å²) in [7, 11) is -13.2. The number of aliphatic hydroxyl groups is 2. The van der Waals surface area contributed by atoms with Gasteiger partial charge in [-0.15, -0.1) is 0 Å².